The zero-order valence-electron chi connectivity index (χ0n) is 8.31. The van der Waals surface area contributed by atoms with Crippen LogP contribution < -0.4 is 0 Å². The van der Waals surface area contributed by atoms with Gasteiger partial charge in [0.25, 0.3) is 0 Å². The molecule has 72 valence electrons. The third-order valence-corrected chi connectivity index (χ3v) is 3.31. The second-order valence-corrected chi connectivity index (χ2v) is 4.74. The van der Waals surface area contributed by atoms with Crippen LogP contribution in [-0.2, 0) is 0 Å². The van der Waals surface area contributed by atoms with E-state index in [4.69, 9.17) is 0 Å². The SMILES string of the molecule is CC1C=CC(Sc2ccccc2)=CC1. The largest absolute Gasteiger partial charge is 0.0905 e. The Morgan fingerprint density at radius 3 is 2.64 bits per heavy atom. The molecule has 0 saturated heterocycles. The van der Waals surface area contributed by atoms with Crippen molar-refractivity contribution in [2.75, 3.05) is 0 Å². The molecule has 0 nitrogen and oxygen atoms in total. The molecule has 2 rings (SSSR count). The number of hydrogen-bond donors (Lipinski definition) is 0. The molecule has 0 aliphatic heterocycles. The Labute approximate surface area is 89.7 Å². The average molecular weight is 202 g/mol. The molecule has 0 heterocycles. The molecule has 0 N–H and O–H groups in total. The van der Waals surface area contributed by atoms with E-state index in [0.717, 1.165) is 0 Å². The average Bonchev–Trinajstić information content (AvgIpc) is 2.23. The number of benzene rings is 1. The van der Waals surface area contributed by atoms with Crippen molar-refractivity contribution in [3.8, 4) is 0 Å². The molecule has 14 heavy (non-hydrogen) atoms. The standard InChI is InChI=1S/C13H14S/c1-11-7-9-13(10-8-11)14-12-5-3-2-4-6-12/h2-7,9-11H,8H2,1H3. The lowest BCUT2D eigenvalue weighted by Gasteiger charge is -2.10. The van der Waals surface area contributed by atoms with Crippen molar-refractivity contribution >= 4 is 11.8 Å². The molecule has 1 aliphatic carbocycles. The second kappa shape index (κ2) is 4.52. The van der Waals surface area contributed by atoms with Crippen molar-refractivity contribution in [1.29, 1.82) is 0 Å². The first-order valence-electron chi connectivity index (χ1n) is 4.96. The van der Waals surface area contributed by atoms with Crippen molar-refractivity contribution < 1.29 is 0 Å². The van der Waals surface area contributed by atoms with Crippen LogP contribution in [0.1, 0.15) is 13.3 Å². The van der Waals surface area contributed by atoms with E-state index in [1.165, 1.54) is 16.2 Å². The molecule has 0 fully saturated rings. The summed E-state index contributed by atoms with van der Waals surface area (Å²) in [5, 5.41) is 0. The van der Waals surface area contributed by atoms with E-state index in [1.54, 1.807) is 0 Å². The predicted molar refractivity (Wildman–Crippen MR) is 63.3 cm³/mol. The molecule has 1 aromatic rings. The molecule has 0 bridgehead atoms. The topological polar surface area (TPSA) is 0 Å². The first kappa shape index (κ1) is 9.60. The van der Waals surface area contributed by atoms with Crippen LogP contribution in [0.5, 0.6) is 0 Å². The van der Waals surface area contributed by atoms with E-state index in [0.29, 0.717) is 5.92 Å². The summed E-state index contributed by atoms with van der Waals surface area (Å²) < 4.78 is 0. The Morgan fingerprint density at radius 2 is 2.00 bits per heavy atom. The van der Waals surface area contributed by atoms with E-state index < -0.39 is 0 Å². The summed E-state index contributed by atoms with van der Waals surface area (Å²) in [5.41, 5.74) is 0. The molecular formula is C13H14S. The van der Waals surface area contributed by atoms with Gasteiger partial charge in [-0.3, -0.25) is 0 Å². The lowest BCUT2D eigenvalue weighted by molar-refractivity contribution is 0.735. The fraction of sp³-hybridized carbons (Fsp3) is 0.231. The molecular weight excluding hydrogens is 188 g/mol. The van der Waals surface area contributed by atoms with Gasteiger partial charge in [-0.25, -0.2) is 0 Å². The van der Waals surface area contributed by atoms with Crippen molar-refractivity contribution in [2.24, 2.45) is 5.92 Å². The van der Waals surface area contributed by atoms with Gasteiger partial charge in [-0.2, -0.15) is 0 Å². The number of thioether (sulfide) groups is 1. The van der Waals surface area contributed by atoms with E-state index in [-0.39, 0.29) is 0 Å². The summed E-state index contributed by atoms with van der Waals surface area (Å²) in [6.45, 7) is 2.25. The van der Waals surface area contributed by atoms with E-state index in [1.807, 2.05) is 11.8 Å². The highest BCUT2D eigenvalue weighted by atomic mass is 32.2. The van der Waals surface area contributed by atoms with Gasteiger partial charge in [-0.1, -0.05) is 55.1 Å². The van der Waals surface area contributed by atoms with Gasteiger partial charge in [0.1, 0.15) is 0 Å². The second-order valence-electron chi connectivity index (χ2n) is 3.59. The number of rotatable bonds is 2. The third-order valence-electron chi connectivity index (χ3n) is 2.26. The van der Waals surface area contributed by atoms with Gasteiger partial charge in [-0.05, 0) is 24.5 Å². The monoisotopic (exact) mass is 202 g/mol. The Hall–Kier alpha value is -0.950. The minimum Gasteiger partial charge on any atom is -0.0905 e. The van der Waals surface area contributed by atoms with Crippen LogP contribution in [-0.4, -0.2) is 0 Å². The highest BCUT2D eigenvalue weighted by Crippen LogP contribution is 2.30. The summed E-state index contributed by atoms with van der Waals surface area (Å²) in [6, 6.07) is 10.5. The van der Waals surface area contributed by atoms with Crippen molar-refractivity contribution in [2.45, 2.75) is 18.2 Å². The smallest absolute Gasteiger partial charge is 0.0122 e. The van der Waals surface area contributed by atoms with E-state index in [9.17, 15) is 0 Å². The van der Waals surface area contributed by atoms with Crippen LogP contribution in [0.3, 0.4) is 0 Å². The highest BCUT2D eigenvalue weighted by molar-refractivity contribution is 8.03. The van der Waals surface area contributed by atoms with Crippen LogP contribution in [0.4, 0.5) is 0 Å². The third kappa shape index (κ3) is 2.52. The van der Waals surface area contributed by atoms with Crippen molar-refractivity contribution in [3.05, 3.63) is 53.5 Å². The molecule has 1 aromatic carbocycles. The number of allylic oxidation sites excluding steroid dienone is 3. The zero-order valence-corrected chi connectivity index (χ0v) is 9.13. The summed E-state index contributed by atoms with van der Waals surface area (Å²) in [5.74, 6) is 0.704. The predicted octanol–water partition coefficient (Wildman–Crippen LogP) is 4.26. The van der Waals surface area contributed by atoms with Gasteiger partial charge in [0.05, 0.1) is 0 Å². The quantitative estimate of drug-likeness (QED) is 0.690. The molecule has 1 atom stereocenters. The minimum atomic E-state index is 0.704. The van der Waals surface area contributed by atoms with Gasteiger partial charge in [0.2, 0.25) is 0 Å². The van der Waals surface area contributed by atoms with Crippen LogP contribution >= 0.6 is 11.8 Å². The molecule has 0 aromatic heterocycles. The maximum absolute atomic E-state index is 2.32. The fourth-order valence-corrected chi connectivity index (χ4v) is 2.30. The lowest BCUT2D eigenvalue weighted by Crippen LogP contribution is -1.92. The van der Waals surface area contributed by atoms with Crippen LogP contribution in [0.15, 0.2) is 58.4 Å². The summed E-state index contributed by atoms with van der Waals surface area (Å²) in [4.78, 5) is 2.69. The Morgan fingerprint density at radius 1 is 1.21 bits per heavy atom. The van der Waals surface area contributed by atoms with E-state index >= 15 is 0 Å². The van der Waals surface area contributed by atoms with Crippen LogP contribution in [0.25, 0.3) is 0 Å². The molecule has 0 saturated carbocycles. The lowest BCUT2D eigenvalue weighted by atomic mass is 10.0. The van der Waals surface area contributed by atoms with Crippen molar-refractivity contribution in [3.63, 3.8) is 0 Å². The van der Waals surface area contributed by atoms with Gasteiger partial charge in [-0.15, -0.1) is 0 Å². The maximum Gasteiger partial charge on any atom is 0.0122 e. The van der Waals surface area contributed by atoms with Crippen LogP contribution in [0.2, 0.25) is 0 Å². The summed E-state index contributed by atoms with van der Waals surface area (Å²) in [6.07, 6.45) is 8.01. The minimum absolute atomic E-state index is 0.704. The molecule has 1 unspecified atom stereocenters. The first-order valence-corrected chi connectivity index (χ1v) is 5.77. The van der Waals surface area contributed by atoms with E-state index in [2.05, 4.69) is 55.5 Å². The van der Waals surface area contributed by atoms with Crippen LogP contribution in [0, 0.1) is 5.92 Å². The molecule has 1 aliphatic rings. The number of hydrogen-bond acceptors (Lipinski definition) is 1. The Balaban J connectivity index is 2.03. The maximum atomic E-state index is 2.32. The summed E-state index contributed by atoms with van der Waals surface area (Å²) in [7, 11) is 0. The normalized spacial score (nSPS) is 20.6. The zero-order chi connectivity index (χ0) is 9.80. The van der Waals surface area contributed by atoms with Crippen molar-refractivity contribution in [1.82, 2.24) is 0 Å². The molecule has 0 amide bonds. The van der Waals surface area contributed by atoms with Gasteiger partial charge in [0, 0.05) is 9.80 Å². The first-order chi connectivity index (χ1) is 6.84. The Bertz CT molecular complexity index is 349. The molecule has 1 heteroatoms. The van der Waals surface area contributed by atoms with Gasteiger partial charge < -0.3 is 0 Å². The van der Waals surface area contributed by atoms with Gasteiger partial charge in [0.15, 0.2) is 0 Å². The molecule has 0 spiro atoms. The highest BCUT2D eigenvalue weighted by Gasteiger charge is 2.04. The summed E-state index contributed by atoms with van der Waals surface area (Å²) >= 11 is 1.84. The molecule has 0 radical (unpaired) electrons. The Kier molecular flexibility index (Phi) is 3.10. The van der Waals surface area contributed by atoms with Gasteiger partial charge >= 0.3 is 0 Å². The fourth-order valence-electron chi connectivity index (χ4n) is 1.41.